The Bertz CT molecular complexity index is 1120. The van der Waals surface area contributed by atoms with Gasteiger partial charge in [-0.05, 0) is 42.3 Å². The summed E-state index contributed by atoms with van der Waals surface area (Å²) in [5.41, 5.74) is 7.30. The van der Waals surface area contributed by atoms with Crippen molar-refractivity contribution in [3.05, 3.63) is 53.1 Å². The van der Waals surface area contributed by atoms with Gasteiger partial charge in [0.1, 0.15) is 22.4 Å². The number of hydrogen-bond acceptors (Lipinski definition) is 7. The molecular weight excluding hydrogens is 468 g/mol. The number of ether oxygens (including phenoxy) is 2. The van der Waals surface area contributed by atoms with Gasteiger partial charge in [0.2, 0.25) is 15.9 Å². The molecule has 2 fully saturated rings. The van der Waals surface area contributed by atoms with Gasteiger partial charge < -0.3 is 14.4 Å². The average molecular weight is 495 g/mol. The van der Waals surface area contributed by atoms with Gasteiger partial charge in [0, 0.05) is 37.2 Å². The first kappa shape index (κ1) is 23.8. The van der Waals surface area contributed by atoms with E-state index in [1.807, 2.05) is 24.3 Å². The zero-order chi connectivity index (χ0) is 23.6. The molecular formula is C22H27ClN4O5S. The number of carbonyl (C=O) groups is 1. The van der Waals surface area contributed by atoms with Crippen molar-refractivity contribution in [2.75, 3.05) is 40.4 Å². The summed E-state index contributed by atoms with van der Waals surface area (Å²) in [6.45, 7) is 1.01. The third kappa shape index (κ3) is 4.95. The zero-order valence-electron chi connectivity index (χ0n) is 18.5. The second kappa shape index (κ2) is 9.86. The fourth-order valence-corrected chi connectivity index (χ4v) is 6.00. The van der Waals surface area contributed by atoms with Crippen molar-refractivity contribution < 1.29 is 22.7 Å². The lowest BCUT2D eigenvalue weighted by atomic mass is 10.0. The van der Waals surface area contributed by atoms with E-state index in [-0.39, 0.29) is 35.7 Å². The van der Waals surface area contributed by atoms with Gasteiger partial charge in [0.05, 0.1) is 14.2 Å². The summed E-state index contributed by atoms with van der Waals surface area (Å²) in [6, 6.07) is 11.8. The van der Waals surface area contributed by atoms with Gasteiger partial charge >= 0.3 is 0 Å². The molecule has 178 valence electrons. The maximum absolute atomic E-state index is 13.2. The molecule has 2 aliphatic rings. The van der Waals surface area contributed by atoms with Crippen LogP contribution < -0.4 is 20.3 Å². The molecule has 1 amide bonds. The van der Waals surface area contributed by atoms with Crippen LogP contribution in [0.4, 0.5) is 0 Å². The Balaban J connectivity index is 1.38. The van der Waals surface area contributed by atoms with Gasteiger partial charge in [0.25, 0.3) is 0 Å². The summed E-state index contributed by atoms with van der Waals surface area (Å²) in [5.74, 6) is 0.950. The molecule has 0 saturated carbocycles. The van der Waals surface area contributed by atoms with E-state index < -0.39 is 16.1 Å². The number of hydrogen-bond donors (Lipinski definition) is 2. The first-order valence-corrected chi connectivity index (χ1v) is 12.4. The maximum atomic E-state index is 13.2. The molecule has 4 rings (SSSR count). The maximum Gasteiger partial charge on any atom is 0.246 e. The fraction of sp³-hybridized carbons (Fsp3) is 0.409. The molecule has 2 heterocycles. The number of benzene rings is 2. The molecule has 2 atom stereocenters. The van der Waals surface area contributed by atoms with E-state index in [4.69, 9.17) is 21.1 Å². The fourth-order valence-electron chi connectivity index (χ4n) is 4.16. The van der Waals surface area contributed by atoms with Crippen molar-refractivity contribution in [2.45, 2.75) is 23.4 Å². The first-order valence-electron chi connectivity index (χ1n) is 10.6. The molecule has 0 spiro atoms. The number of hydrazine groups is 1. The minimum atomic E-state index is -3.80. The number of nitrogens with zero attached hydrogens (tertiary/aromatic N) is 2. The highest BCUT2D eigenvalue weighted by Gasteiger charge is 2.37. The molecule has 33 heavy (non-hydrogen) atoms. The van der Waals surface area contributed by atoms with Crippen LogP contribution in [0.5, 0.6) is 11.5 Å². The first-order chi connectivity index (χ1) is 15.8. The lowest BCUT2D eigenvalue weighted by molar-refractivity contribution is -0.134. The second-order valence-corrected chi connectivity index (χ2v) is 10.3. The molecule has 2 saturated heterocycles. The summed E-state index contributed by atoms with van der Waals surface area (Å²) in [5, 5.41) is 0.314. The summed E-state index contributed by atoms with van der Waals surface area (Å²) < 4.78 is 38.2. The normalized spacial score (nSPS) is 21.7. The Kier molecular flexibility index (Phi) is 7.10. The van der Waals surface area contributed by atoms with Crippen molar-refractivity contribution in [1.82, 2.24) is 20.1 Å². The Morgan fingerprint density at radius 1 is 1.03 bits per heavy atom. The second-order valence-electron chi connectivity index (χ2n) is 7.93. The van der Waals surface area contributed by atoms with Crippen LogP contribution in [0.1, 0.15) is 18.0 Å². The lowest BCUT2D eigenvalue weighted by Gasteiger charge is -2.35. The van der Waals surface area contributed by atoms with E-state index in [0.29, 0.717) is 24.5 Å². The Hall–Kier alpha value is -2.37. The number of methoxy groups -OCH3 is 2. The Labute approximate surface area is 198 Å². The quantitative estimate of drug-likeness (QED) is 0.631. The summed E-state index contributed by atoms with van der Waals surface area (Å²) >= 11 is 6.02. The number of halogens is 1. The van der Waals surface area contributed by atoms with Crippen LogP contribution in [0.25, 0.3) is 0 Å². The van der Waals surface area contributed by atoms with E-state index in [2.05, 4.69) is 10.9 Å². The number of nitrogens with one attached hydrogen (secondary N) is 2. The van der Waals surface area contributed by atoms with Gasteiger partial charge in [-0.15, -0.1) is 0 Å². The molecule has 0 bridgehead atoms. The highest BCUT2D eigenvalue weighted by molar-refractivity contribution is 7.89. The van der Waals surface area contributed by atoms with Gasteiger partial charge in [-0.3, -0.25) is 4.79 Å². The van der Waals surface area contributed by atoms with Crippen molar-refractivity contribution >= 4 is 27.5 Å². The molecule has 2 aliphatic heterocycles. The SMILES string of the molecule is COc1cccc(C2CC(C(=O)N3CCN(S(=O)(=O)c4cc(Cl)ccc4OC)CC3)NN2)c1. The highest BCUT2D eigenvalue weighted by Crippen LogP contribution is 2.31. The lowest BCUT2D eigenvalue weighted by Crippen LogP contribution is -2.54. The standard InChI is InChI=1S/C22H27ClN4O5S/c1-31-17-5-3-4-15(12-17)18-14-19(25-24-18)22(28)26-8-10-27(11-9-26)33(29,30)21-13-16(23)6-7-20(21)32-2/h3-7,12-13,18-19,24-25H,8-11,14H2,1-2H3. The smallest absolute Gasteiger partial charge is 0.246 e. The minimum absolute atomic E-state index is 0.0222. The largest absolute Gasteiger partial charge is 0.497 e. The number of carbonyl (C=O) groups excluding carboxylic acids is 1. The average Bonchev–Trinajstić information content (AvgIpc) is 3.34. The van der Waals surface area contributed by atoms with Crippen LogP contribution in [0.2, 0.25) is 5.02 Å². The molecule has 0 aromatic heterocycles. The number of sulfonamides is 1. The monoisotopic (exact) mass is 494 g/mol. The topological polar surface area (TPSA) is 100 Å². The van der Waals surface area contributed by atoms with Crippen LogP contribution in [-0.4, -0.2) is 70.0 Å². The summed E-state index contributed by atoms with van der Waals surface area (Å²) in [4.78, 5) is 14.8. The zero-order valence-corrected chi connectivity index (χ0v) is 20.0. The van der Waals surface area contributed by atoms with Crippen molar-refractivity contribution in [1.29, 1.82) is 0 Å². The van der Waals surface area contributed by atoms with E-state index >= 15 is 0 Å². The summed E-state index contributed by atoms with van der Waals surface area (Å²) in [7, 11) is -0.765. The van der Waals surface area contributed by atoms with Crippen LogP contribution in [0.15, 0.2) is 47.4 Å². The molecule has 2 aromatic rings. The minimum Gasteiger partial charge on any atom is -0.497 e. The van der Waals surface area contributed by atoms with E-state index in [1.165, 1.54) is 23.5 Å². The van der Waals surface area contributed by atoms with Crippen molar-refractivity contribution in [3.63, 3.8) is 0 Å². The molecule has 2 N–H and O–H groups in total. The third-order valence-electron chi connectivity index (χ3n) is 5.99. The number of amides is 1. The van der Waals surface area contributed by atoms with Crippen LogP contribution in [0.3, 0.4) is 0 Å². The van der Waals surface area contributed by atoms with Gasteiger partial charge in [-0.2, -0.15) is 4.31 Å². The Morgan fingerprint density at radius 3 is 2.48 bits per heavy atom. The Morgan fingerprint density at radius 2 is 1.79 bits per heavy atom. The predicted molar refractivity (Wildman–Crippen MR) is 124 cm³/mol. The number of rotatable bonds is 6. The predicted octanol–water partition coefficient (Wildman–Crippen LogP) is 1.80. The van der Waals surface area contributed by atoms with Gasteiger partial charge in [-0.25, -0.2) is 19.3 Å². The molecule has 2 unspecified atom stereocenters. The molecule has 0 radical (unpaired) electrons. The van der Waals surface area contributed by atoms with E-state index in [0.717, 1.165) is 11.3 Å². The summed E-state index contributed by atoms with van der Waals surface area (Å²) in [6.07, 6.45) is 0.588. The molecule has 11 heteroatoms. The van der Waals surface area contributed by atoms with E-state index in [9.17, 15) is 13.2 Å². The van der Waals surface area contributed by atoms with Crippen molar-refractivity contribution in [2.24, 2.45) is 0 Å². The van der Waals surface area contributed by atoms with Crippen molar-refractivity contribution in [3.8, 4) is 11.5 Å². The van der Waals surface area contributed by atoms with Crippen LogP contribution in [0, 0.1) is 0 Å². The molecule has 0 aliphatic carbocycles. The number of piperazine rings is 1. The molecule has 2 aromatic carbocycles. The van der Waals surface area contributed by atoms with E-state index in [1.54, 1.807) is 18.1 Å². The van der Waals surface area contributed by atoms with Crippen LogP contribution in [-0.2, 0) is 14.8 Å². The highest BCUT2D eigenvalue weighted by atomic mass is 35.5. The third-order valence-corrected chi connectivity index (χ3v) is 8.15. The van der Waals surface area contributed by atoms with Crippen LogP contribution >= 0.6 is 11.6 Å². The van der Waals surface area contributed by atoms with Gasteiger partial charge in [-0.1, -0.05) is 23.7 Å². The molecule has 9 nitrogen and oxygen atoms in total. The van der Waals surface area contributed by atoms with Gasteiger partial charge in [0.15, 0.2) is 0 Å².